The van der Waals surface area contributed by atoms with Gasteiger partial charge in [-0.1, -0.05) is 56.6 Å². The van der Waals surface area contributed by atoms with Crippen molar-refractivity contribution in [1.29, 1.82) is 0 Å². The zero-order valence-electron chi connectivity index (χ0n) is 16.5. The summed E-state index contributed by atoms with van der Waals surface area (Å²) in [4.78, 5) is 25.1. The molecule has 0 heterocycles. The van der Waals surface area contributed by atoms with Crippen LogP contribution >= 0.6 is 11.6 Å². The van der Waals surface area contributed by atoms with Gasteiger partial charge in [0.25, 0.3) is 0 Å². The zero-order chi connectivity index (χ0) is 20.2. The minimum Gasteiger partial charge on any atom is -0.351 e. The zero-order valence-corrected chi connectivity index (χ0v) is 17.3. The van der Waals surface area contributed by atoms with E-state index in [2.05, 4.69) is 31.4 Å². The van der Waals surface area contributed by atoms with Gasteiger partial charge in [-0.15, -0.1) is 0 Å². The van der Waals surface area contributed by atoms with Gasteiger partial charge in [0, 0.05) is 17.3 Å². The molecule has 144 valence electrons. The van der Waals surface area contributed by atoms with Crippen LogP contribution < -0.4 is 10.6 Å². The Morgan fingerprint density at radius 3 is 1.93 bits per heavy atom. The third-order valence-corrected chi connectivity index (χ3v) is 4.76. The molecule has 0 radical (unpaired) electrons. The number of carbonyl (C=O) groups is 2. The Morgan fingerprint density at radius 2 is 1.41 bits per heavy atom. The predicted octanol–water partition coefficient (Wildman–Crippen LogP) is 4.92. The van der Waals surface area contributed by atoms with E-state index in [9.17, 15) is 9.59 Å². The van der Waals surface area contributed by atoms with Crippen LogP contribution in [0.1, 0.15) is 45.7 Å². The molecule has 5 heteroatoms. The molecule has 27 heavy (non-hydrogen) atoms. The van der Waals surface area contributed by atoms with E-state index in [1.54, 1.807) is 26.0 Å². The van der Waals surface area contributed by atoms with E-state index in [-0.39, 0.29) is 17.2 Å². The van der Waals surface area contributed by atoms with E-state index in [0.29, 0.717) is 17.3 Å². The lowest BCUT2D eigenvalue weighted by Crippen LogP contribution is -2.44. The largest absolute Gasteiger partial charge is 0.351 e. The standard InChI is InChI=1S/C22H27ClN2O2/c1-21(2,3)16-8-12-18(13-9-16)25-20(27)22(4,5)19(26)24-14-15-6-10-17(23)11-7-15/h6-13H,14H2,1-5H3,(H,24,26)(H,25,27). The molecule has 2 N–H and O–H groups in total. The van der Waals surface area contributed by atoms with E-state index in [1.807, 2.05) is 36.4 Å². The molecular formula is C22H27ClN2O2. The predicted molar refractivity (Wildman–Crippen MR) is 111 cm³/mol. The molecule has 0 aliphatic carbocycles. The fourth-order valence-electron chi connectivity index (χ4n) is 2.45. The van der Waals surface area contributed by atoms with Crippen LogP contribution in [0.15, 0.2) is 48.5 Å². The van der Waals surface area contributed by atoms with Crippen LogP contribution in [0, 0.1) is 5.41 Å². The summed E-state index contributed by atoms with van der Waals surface area (Å²) in [5, 5.41) is 6.28. The number of benzene rings is 2. The highest BCUT2D eigenvalue weighted by molar-refractivity contribution is 6.30. The van der Waals surface area contributed by atoms with Crippen molar-refractivity contribution in [1.82, 2.24) is 5.32 Å². The molecule has 2 aromatic carbocycles. The van der Waals surface area contributed by atoms with Crippen molar-refractivity contribution >= 4 is 29.1 Å². The maximum absolute atomic E-state index is 12.6. The number of carbonyl (C=O) groups excluding carboxylic acids is 2. The summed E-state index contributed by atoms with van der Waals surface area (Å²) >= 11 is 5.86. The highest BCUT2D eigenvalue weighted by atomic mass is 35.5. The number of halogens is 1. The Labute approximate surface area is 166 Å². The van der Waals surface area contributed by atoms with Crippen LogP contribution in [0.3, 0.4) is 0 Å². The fourth-order valence-corrected chi connectivity index (χ4v) is 2.58. The second kappa shape index (κ2) is 8.13. The van der Waals surface area contributed by atoms with Crippen LogP contribution in [0.4, 0.5) is 5.69 Å². The SMILES string of the molecule is CC(C)(C(=O)NCc1ccc(Cl)cc1)C(=O)Nc1ccc(C(C)(C)C)cc1. The van der Waals surface area contributed by atoms with Gasteiger partial charge in [0.05, 0.1) is 0 Å². The summed E-state index contributed by atoms with van der Waals surface area (Å²) in [5.41, 5.74) is 1.62. The van der Waals surface area contributed by atoms with Crippen molar-refractivity contribution < 1.29 is 9.59 Å². The van der Waals surface area contributed by atoms with Gasteiger partial charge in [-0.2, -0.15) is 0 Å². The van der Waals surface area contributed by atoms with Crippen molar-refractivity contribution in [2.24, 2.45) is 5.41 Å². The molecule has 0 atom stereocenters. The molecule has 0 aromatic heterocycles. The summed E-state index contributed by atoms with van der Waals surface area (Å²) in [6.07, 6.45) is 0. The molecule has 0 saturated heterocycles. The highest BCUT2D eigenvalue weighted by Gasteiger charge is 2.36. The molecule has 0 fully saturated rings. The molecule has 0 spiro atoms. The topological polar surface area (TPSA) is 58.2 Å². The summed E-state index contributed by atoms with van der Waals surface area (Å²) in [6, 6.07) is 14.9. The molecule has 2 amide bonds. The minimum atomic E-state index is -1.20. The van der Waals surface area contributed by atoms with Gasteiger partial charge >= 0.3 is 0 Å². The Balaban J connectivity index is 1.98. The molecule has 0 saturated carbocycles. The third kappa shape index (κ3) is 5.57. The maximum atomic E-state index is 12.6. The molecule has 2 aromatic rings. The summed E-state index contributed by atoms with van der Waals surface area (Å²) in [6.45, 7) is 9.97. The van der Waals surface area contributed by atoms with Crippen LogP contribution in [-0.2, 0) is 21.5 Å². The summed E-state index contributed by atoms with van der Waals surface area (Å²) < 4.78 is 0. The molecule has 0 unspecified atom stereocenters. The van der Waals surface area contributed by atoms with Gasteiger partial charge in [-0.3, -0.25) is 9.59 Å². The molecule has 0 bridgehead atoms. The second-order valence-corrected chi connectivity index (χ2v) is 8.65. The van der Waals surface area contributed by atoms with E-state index in [4.69, 9.17) is 11.6 Å². The third-order valence-electron chi connectivity index (χ3n) is 4.51. The molecule has 0 aliphatic heterocycles. The quantitative estimate of drug-likeness (QED) is 0.716. The molecular weight excluding hydrogens is 360 g/mol. The lowest BCUT2D eigenvalue weighted by Gasteiger charge is -2.23. The lowest BCUT2D eigenvalue weighted by molar-refractivity contribution is -0.138. The number of nitrogens with one attached hydrogen (secondary N) is 2. The first-order valence-corrected chi connectivity index (χ1v) is 9.33. The van der Waals surface area contributed by atoms with Gasteiger partial charge < -0.3 is 10.6 Å². The second-order valence-electron chi connectivity index (χ2n) is 8.22. The lowest BCUT2D eigenvalue weighted by atomic mass is 9.87. The van der Waals surface area contributed by atoms with Gasteiger partial charge in [-0.05, 0) is 54.7 Å². The van der Waals surface area contributed by atoms with E-state index < -0.39 is 5.41 Å². The number of amides is 2. The van der Waals surface area contributed by atoms with Crippen molar-refractivity contribution in [3.63, 3.8) is 0 Å². The number of anilines is 1. The fraction of sp³-hybridized carbons (Fsp3) is 0.364. The van der Waals surface area contributed by atoms with Crippen LogP contribution in [0.25, 0.3) is 0 Å². The van der Waals surface area contributed by atoms with Crippen LogP contribution in [-0.4, -0.2) is 11.8 Å². The summed E-state index contributed by atoms with van der Waals surface area (Å²) in [7, 11) is 0. The molecule has 4 nitrogen and oxygen atoms in total. The normalized spacial score (nSPS) is 11.8. The molecule has 2 rings (SSSR count). The van der Waals surface area contributed by atoms with E-state index >= 15 is 0 Å². The van der Waals surface area contributed by atoms with Crippen LogP contribution in [0.5, 0.6) is 0 Å². The Hall–Kier alpha value is -2.33. The maximum Gasteiger partial charge on any atom is 0.239 e. The molecule has 0 aliphatic rings. The first-order chi connectivity index (χ1) is 12.5. The van der Waals surface area contributed by atoms with Gasteiger partial charge in [0.15, 0.2) is 0 Å². The number of hydrogen-bond donors (Lipinski definition) is 2. The van der Waals surface area contributed by atoms with Gasteiger partial charge in [0.2, 0.25) is 11.8 Å². The number of hydrogen-bond acceptors (Lipinski definition) is 2. The van der Waals surface area contributed by atoms with E-state index in [0.717, 1.165) is 5.56 Å². The van der Waals surface area contributed by atoms with Gasteiger partial charge in [0.1, 0.15) is 5.41 Å². The van der Waals surface area contributed by atoms with Crippen molar-refractivity contribution in [2.75, 3.05) is 5.32 Å². The monoisotopic (exact) mass is 386 g/mol. The van der Waals surface area contributed by atoms with Gasteiger partial charge in [-0.25, -0.2) is 0 Å². The first-order valence-electron chi connectivity index (χ1n) is 8.95. The summed E-state index contributed by atoms with van der Waals surface area (Å²) in [5.74, 6) is -0.680. The number of rotatable bonds is 5. The van der Waals surface area contributed by atoms with Crippen molar-refractivity contribution in [2.45, 2.75) is 46.6 Å². The minimum absolute atomic E-state index is 0.0450. The smallest absolute Gasteiger partial charge is 0.239 e. The Bertz CT molecular complexity index is 804. The average Bonchev–Trinajstić information content (AvgIpc) is 2.60. The Morgan fingerprint density at radius 1 is 0.852 bits per heavy atom. The van der Waals surface area contributed by atoms with Crippen LogP contribution in [0.2, 0.25) is 5.02 Å². The first kappa shape index (κ1) is 21.0. The average molecular weight is 387 g/mol. The Kier molecular flexibility index (Phi) is 6.32. The van der Waals surface area contributed by atoms with Crippen molar-refractivity contribution in [3.05, 3.63) is 64.7 Å². The van der Waals surface area contributed by atoms with Crippen molar-refractivity contribution in [3.8, 4) is 0 Å². The van der Waals surface area contributed by atoms with E-state index in [1.165, 1.54) is 5.56 Å². The highest BCUT2D eigenvalue weighted by Crippen LogP contribution is 2.25.